The average molecular weight is 345 g/mol. The molecular weight excluding hydrogens is 318 g/mol. The van der Waals surface area contributed by atoms with Gasteiger partial charge in [-0.25, -0.2) is 9.48 Å². The lowest BCUT2D eigenvalue weighted by Crippen LogP contribution is -2.29. The summed E-state index contributed by atoms with van der Waals surface area (Å²) in [4.78, 5) is 14.4. The largest absolute Gasteiger partial charge is 0.481 e. The molecule has 2 aromatic rings. The first-order chi connectivity index (χ1) is 11.8. The van der Waals surface area contributed by atoms with E-state index in [9.17, 15) is 4.79 Å². The van der Waals surface area contributed by atoms with Crippen LogP contribution in [0.4, 0.5) is 16.2 Å². The van der Waals surface area contributed by atoms with E-state index in [1.54, 1.807) is 11.8 Å². The predicted molar refractivity (Wildman–Crippen MR) is 100 cm³/mol. The number of carbonyl (C=O) groups excluding carboxylic acids is 1. The quantitative estimate of drug-likeness (QED) is 0.844. The van der Waals surface area contributed by atoms with E-state index in [0.717, 1.165) is 22.6 Å². The van der Waals surface area contributed by atoms with E-state index in [1.807, 2.05) is 45.3 Å². The molecule has 1 aromatic carbocycles. The van der Waals surface area contributed by atoms with E-state index in [1.165, 1.54) is 0 Å². The van der Waals surface area contributed by atoms with Crippen molar-refractivity contribution in [3.05, 3.63) is 35.5 Å². The predicted octanol–water partition coefficient (Wildman–Crippen LogP) is 2.90. The molecule has 0 unspecified atom stereocenters. The number of hydrogen-bond acceptors (Lipinski definition) is 4. The van der Waals surface area contributed by atoms with Crippen molar-refractivity contribution in [2.45, 2.75) is 33.4 Å². The van der Waals surface area contributed by atoms with Gasteiger partial charge in [0.2, 0.25) is 5.88 Å². The topological polar surface area (TPSA) is 71.4 Å². The van der Waals surface area contributed by atoms with Crippen LogP contribution in [-0.2, 0) is 13.6 Å². The number of rotatable bonds is 6. The summed E-state index contributed by atoms with van der Waals surface area (Å²) in [5, 5.41) is 10.0. The van der Waals surface area contributed by atoms with Crippen LogP contribution in [0.15, 0.2) is 24.3 Å². The van der Waals surface area contributed by atoms with E-state index >= 15 is 0 Å². The van der Waals surface area contributed by atoms with Crippen LogP contribution in [0.2, 0.25) is 0 Å². The van der Waals surface area contributed by atoms with Crippen molar-refractivity contribution >= 4 is 17.4 Å². The molecule has 0 aliphatic heterocycles. The smallest absolute Gasteiger partial charge is 0.319 e. The number of ether oxygens (including phenoxy) is 1. The molecule has 0 bridgehead atoms. The molecule has 0 spiro atoms. The van der Waals surface area contributed by atoms with Crippen molar-refractivity contribution in [2.24, 2.45) is 7.05 Å². The summed E-state index contributed by atoms with van der Waals surface area (Å²) in [5.41, 5.74) is 3.50. The number of hydrogen-bond donors (Lipinski definition) is 2. The maximum Gasteiger partial charge on any atom is 0.319 e. The van der Waals surface area contributed by atoms with Gasteiger partial charge in [0.25, 0.3) is 0 Å². The molecule has 0 aliphatic carbocycles. The lowest BCUT2D eigenvalue weighted by molar-refractivity contribution is 0.251. The Hall–Kier alpha value is -2.70. The van der Waals surface area contributed by atoms with Gasteiger partial charge >= 0.3 is 6.03 Å². The first-order valence-electron chi connectivity index (χ1n) is 8.27. The van der Waals surface area contributed by atoms with Gasteiger partial charge in [0.15, 0.2) is 0 Å². The molecule has 0 aliphatic rings. The minimum Gasteiger partial charge on any atom is -0.481 e. The van der Waals surface area contributed by atoms with E-state index in [0.29, 0.717) is 18.5 Å². The summed E-state index contributed by atoms with van der Waals surface area (Å²) in [7, 11) is 5.43. The third-order valence-electron chi connectivity index (χ3n) is 4.19. The van der Waals surface area contributed by atoms with Crippen LogP contribution < -0.4 is 20.3 Å². The summed E-state index contributed by atoms with van der Waals surface area (Å²) in [6.07, 6.45) is 0. The Morgan fingerprint density at radius 3 is 2.76 bits per heavy atom. The average Bonchev–Trinajstić information content (AvgIpc) is 2.85. The van der Waals surface area contributed by atoms with Crippen LogP contribution in [0.3, 0.4) is 0 Å². The number of carbonyl (C=O) groups is 1. The first kappa shape index (κ1) is 18.6. The second-order valence-corrected chi connectivity index (χ2v) is 6.26. The molecule has 1 heterocycles. The minimum absolute atomic E-state index is 0.269. The van der Waals surface area contributed by atoms with Gasteiger partial charge in [0, 0.05) is 31.5 Å². The Labute approximate surface area is 149 Å². The SMILES string of the molecule is COc1c(CNC(=O)Nc2cccc(N(C)C(C)C)c2)c(C)nn1C. The molecule has 136 valence electrons. The molecule has 0 fully saturated rings. The van der Waals surface area contributed by atoms with Crippen molar-refractivity contribution in [3.63, 3.8) is 0 Å². The number of amides is 2. The highest BCUT2D eigenvalue weighted by molar-refractivity contribution is 5.89. The summed E-state index contributed by atoms with van der Waals surface area (Å²) < 4.78 is 7.00. The van der Waals surface area contributed by atoms with E-state index < -0.39 is 0 Å². The van der Waals surface area contributed by atoms with Crippen LogP contribution in [0.5, 0.6) is 5.88 Å². The highest BCUT2D eigenvalue weighted by Gasteiger charge is 2.14. The van der Waals surface area contributed by atoms with Gasteiger partial charge in [-0.1, -0.05) is 6.07 Å². The molecule has 0 saturated heterocycles. The van der Waals surface area contributed by atoms with Crippen molar-refractivity contribution in [1.29, 1.82) is 0 Å². The normalized spacial score (nSPS) is 10.7. The standard InChI is InChI=1S/C18H27N5O2/c1-12(2)22(4)15-9-7-8-14(10-15)20-18(24)19-11-16-13(3)21-23(5)17(16)25-6/h7-10,12H,11H2,1-6H3,(H2,19,20,24). The highest BCUT2D eigenvalue weighted by Crippen LogP contribution is 2.21. The molecule has 2 N–H and O–H groups in total. The fourth-order valence-corrected chi connectivity index (χ4v) is 2.58. The molecule has 0 radical (unpaired) electrons. The van der Waals surface area contributed by atoms with Crippen molar-refractivity contribution in [1.82, 2.24) is 15.1 Å². The maximum absolute atomic E-state index is 12.2. The Bertz CT molecular complexity index is 739. The summed E-state index contributed by atoms with van der Waals surface area (Å²) >= 11 is 0. The molecule has 7 nitrogen and oxygen atoms in total. The van der Waals surface area contributed by atoms with Crippen LogP contribution in [-0.4, -0.2) is 36.0 Å². The fraction of sp³-hybridized carbons (Fsp3) is 0.444. The minimum atomic E-state index is -0.269. The summed E-state index contributed by atoms with van der Waals surface area (Å²) in [6, 6.07) is 7.88. The van der Waals surface area contributed by atoms with Crippen molar-refractivity contribution < 1.29 is 9.53 Å². The molecular formula is C18H27N5O2. The van der Waals surface area contributed by atoms with Gasteiger partial charge < -0.3 is 20.3 Å². The molecule has 0 saturated carbocycles. The number of aryl methyl sites for hydroxylation is 2. The van der Waals surface area contributed by atoms with Crippen LogP contribution in [0, 0.1) is 6.92 Å². The zero-order chi connectivity index (χ0) is 18.6. The zero-order valence-electron chi connectivity index (χ0n) is 15.8. The van der Waals surface area contributed by atoms with Gasteiger partial charge in [0.05, 0.1) is 24.9 Å². The number of nitrogens with one attached hydrogen (secondary N) is 2. The third kappa shape index (κ3) is 4.43. The summed E-state index contributed by atoms with van der Waals surface area (Å²) in [6.45, 7) is 6.48. The first-order valence-corrected chi connectivity index (χ1v) is 8.27. The Balaban J connectivity index is 2.01. The number of benzene rings is 1. The Morgan fingerprint density at radius 1 is 1.40 bits per heavy atom. The molecule has 7 heteroatoms. The van der Waals surface area contributed by atoms with Gasteiger partial charge in [-0.3, -0.25) is 0 Å². The Morgan fingerprint density at radius 2 is 2.12 bits per heavy atom. The maximum atomic E-state index is 12.2. The number of aromatic nitrogens is 2. The second-order valence-electron chi connectivity index (χ2n) is 6.26. The van der Waals surface area contributed by atoms with Crippen LogP contribution in [0.1, 0.15) is 25.1 Å². The highest BCUT2D eigenvalue weighted by atomic mass is 16.5. The molecule has 2 rings (SSSR count). The van der Waals surface area contributed by atoms with Crippen molar-refractivity contribution in [2.75, 3.05) is 24.4 Å². The lowest BCUT2D eigenvalue weighted by Gasteiger charge is -2.24. The Kier molecular flexibility index (Phi) is 5.90. The number of nitrogens with zero attached hydrogens (tertiary/aromatic N) is 3. The van der Waals surface area contributed by atoms with Crippen molar-refractivity contribution in [3.8, 4) is 5.88 Å². The van der Waals surface area contributed by atoms with Gasteiger partial charge in [0.1, 0.15) is 0 Å². The van der Waals surface area contributed by atoms with E-state index in [4.69, 9.17) is 4.74 Å². The molecule has 2 amide bonds. The third-order valence-corrected chi connectivity index (χ3v) is 4.19. The van der Waals surface area contributed by atoms with Crippen LogP contribution in [0.25, 0.3) is 0 Å². The van der Waals surface area contributed by atoms with Crippen LogP contribution >= 0.6 is 0 Å². The molecule has 25 heavy (non-hydrogen) atoms. The van der Waals surface area contributed by atoms with Gasteiger partial charge in [-0.2, -0.15) is 5.10 Å². The number of urea groups is 1. The fourth-order valence-electron chi connectivity index (χ4n) is 2.58. The zero-order valence-corrected chi connectivity index (χ0v) is 15.8. The second kappa shape index (κ2) is 7.92. The van der Waals surface area contributed by atoms with Gasteiger partial charge in [-0.05, 0) is 39.0 Å². The van der Waals surface area contributed by atoms with E-state index in [-0.39, 0.29) is 6.03 Å². The molecule has 0 atom stereocenters. The molecule has 1 aromatic heterocycles. The summed E-state index contributed by atoms with van der Waals surface area (Å²) in [5.74, 6) is 0.651. The van der Waals surface area contributed by atoms with E-state index in [2.05, 4.69) is 34.5 Å². The monoisotopic (exact) mass is 345 g/mol. The van der Waals surface area contributed by atoms with Gasteiger partial charge in [-0.15, -0.1) is 0 Å². The lowest BCUT2D eigenvalue weighted by atomic mass is 10.2. The number of anilines is 2. The number of methoxy groups -OCH3 is 1.